The van der Waals surface area contributed by atoms with Crippen molar-refractivity contribution in [2.45, 2.75) is 10.6 Å². The molecule has 0 saturated heterocycles. The number of amides is 1. The fourth-order valence-corrected chi connectivity index (χ4v) is 3.81. The molecule has 0 aliphatic carbocycles. The molecule has 0 fully saturated rings. The van der Waals surface area contributed by atoms with Crippen molar-refractivity contribution in [2.75, 3.05) is 33.4 Å². The summed E-state index contributed by atoms with van der Waals surface area (Å²) in [4.78, 5) is 14.7. The maximum atomic E-state index is 12.3. The molecule has 2 aromatic rings. The predicted molar refractivity (Wildman–Crippen MR) is 105 cm³/mol. The summed E-state index contributed by atoms with van der Waals surface area (Å²) in [5.74, 6) is 0.869. The summed E-state index contributed by atoms with van der Waals surface area (Å²) in [5, 5.41) is 8.24. The number of rotatable bonds is 10. The van der Waals surface area contributed by atoms with E-state index < -0.39 is 0 Å². The molecule has 0 atom stereocenters. The Morgan fingerprint density at radius 3 is 2.75 bits per heavy atom. The highest BCUT2D eigenvalue weighted by molar-refractivity contribution is 7.98. The number of nitrogens with one attached hydrogen (secondary N) is 2. The van der Waals surface area contributed by atoms with Crippen LogP contribution in [0, 0.1) is 0 Å². The Labute approximate surface area is 157 Å². The van der Waals surface area contributed by atoms with Crippen LogP contribution in [0.15, 0.2) is 46.7 Å². The van der Waals surface area contributed by atoms with E-state index in [1.807, 2.05) is 24.3 Å². The first-order valence-corrected chi connectivity index (χ1v) is 9.40. The molecule has 1 amide bonds. The van der Waals surface area contributed by atoms with Crippen molar-refractivity contribution in [2.24, 2.45) is 0 Å². The zero-order valence-corrected chi connectivity index (χ0v) is 16.1. The number of ether oxygens (including phenoxy) is 1. The van der Waals surface area contributed by atoms with Crippen molar-refractivity contribution in [1.82, 2.24) is 10.6 Å². The van der Waals surface area contributed by atoms with Crippen molar-refractivity contribution < 1.29 is 9.53 Å². The van der Waals surface area contributed by atoms with Gasteiger partial charge in [0.2, 0.25) is 0 Å². The molecule has 0 saturated carbocycles. The third-order valence-electron chi connectivity index (χ3n) is 3.15. The number of hydrogen-bond acceptors (Lipinski definition) is 5. The van der Waals surface area contributed by atoms with Crippen LogP contribution in [0.2, 0.25) is 0 Å². The van der Waals surface area contributed by atoms with Gasteiger partial charge in [-0.2, -0.15) is 0 Å². The molecule has 2 rings (SSSR count). The van der Waals surface area contributed by atoms with Crippen LogP contribution in [-0.2, 0) is 10.5 Å². The van der Waals surface area contributed by atoms with E-state index in [-0.39, 0.29) is 18.3 Å². The second-order valence-corrected chi connectivity index (χ2v) is 6.91. The van der Waals surface area contributed by atoms with Gasteiger partial charge in [0.05, 0.1) is 12.2 Å². The van der Waals surface area contributed by atoms with Gasteiger partial charge in [0.1, 0.15) is 0 Å². The van der Waals surface area contributed by atoms with E-state index in [1.165, 1.54) is 4.88 Å². The molecule has 0 spiro atoms. The van der Waals surface area contributed by atoms with E-state index in [0.29, 0.717) is 13.2 Å². The van der Waals surface area contributed by atoms with Crippen molar-refractivity contribution >= 4 is 41.4 Å². The Morgan fingerprint density at radius 1 is 1.17 bits per heavy atom. The second kappa shape index (κ2) is 12.3. The Balaban J connectivity index is 0.00000288. The SMILES string of the molecule is COCCNCCNC(=O)c1ccccc1SCc1cccs1.Cl. The smallest absolute Gasteiger partial charge is 0.252 e. The number of methoxy groups -OCH3 is 1. The van der Waals surface area contributed by atoms with E-state index in [9.17, 15) is 4.79 Å². The summed E-state index contributed by atoms with van der Waals surface area (Å²) >= 11 is 3.44. The van der Waals surface area contributed by atoms with Gasteiger partial charge in [-0.25, -0.2) is 0 Å². The lowest BCUT2D eigenvalue weighted by molar-refractivity contribution is 0.0951. The number of hydrogen-bond donors (Lipinski definition) is 2. The third kappa shape index (κ3) is 7.23. The number of benzene rings is 1. The number of carbonyl (C=O) groups is 1. The normalized spacial score (nSPS) is 10.2. The molecule has 1 aromatic heterocycles. The largest absolute Gasteiger partial charge is 0.383 e. The standard InChI is InChI=1S/C17H22N2O2S2.ClH/c1-21-11-10-18-8-9-19-17(20)15-6-2-3-7-16(15)23-13-14-5-4-12-22-14;/h2-7,12,18H,8-11,13H2,1H3,(H,19,20);1H. The minimum atomic E-state index is -0.0205. The Hall–Kier alpha value is -1.05. The molecule has 0 aliphatic rings. The topological polar surface area (TPSA) is 50.4 Å². The van der Waals surface area contributed by atoms with Gasteiger partial charge in [-0.3, -0.25) is 4.79 Å². The van der Waals surface area contributed by atoms with Gasteiger partial charge in [0.25, 0.3) is 5.91 Å². The highest BCUT2D eigenvalue weighted by atomic mass is 35.5. The van der Waals surface area contributed by atoms with Gasteiger partial charge >= 0.3 is 0 Å². The van der Waals surface area contributed by atoms with Gasteiger partial charge in [0, 0.05) is 42.3 Å². The van der Waals surface area contributed by atoms with Crippen molar-refractivity contribution in [3.05, 3.63) is 52.2 Å². The highest BCUT2D eigenvalue weighted by Crippen LogP contribution is 2.27. The first-order chi connectivity index (χ1) is 11.3. The van der Waals surface area contributed by atoms with Gasteiger partial charge in [-0.05, 0) is 23.6 Å². The average Bonchev–Trinajstić information content (AvgIpc) is 3.09. The number of halogens is 1. The lowest BCUT2D eigenvalue weighted by Crippen LogP contribution is -2.33. The molecule has 0 unspecified atom stereocenters. The highest BCUT2D eigenvalue weighted by Gasteiger charge is 2.11. The van der Waals surface area contributed by atoms with Crippen molar-refractivity contribution in [1.29, 1.82) is 0 Å². The van der Waals surface area contributed by atoms with Gasteiger partial charge in [-0.15, -0.1) is 35.5 Å². The summed E-state index contributed by atoms with van der Waals surface area (Å²) < 4.78 is 4.96. The van der Waals surface area contributed by atoms with Crippen molar-refractivity contribution in [3.63, 3.8) is 0 Å². The quantitative estimate of drug-likeness (QED) is 0.485. The fourth-order valence-electron chi connectivity index (χ4n) is 1.98. The number of thioether (sulfide) groups is 1. The molecule has 2 N–H and O–H groups in total. The first-order valence-electron chi connectivity index (χ1n) is 7.53. The summed E-state index contributed by atoms with van der Waals surface area (Å²) in [7, 11) is 1.67. The molecule has 0 bridgehead atoms. The summed E-state index contributed by atoms with van der Waals surface area (Å²) in [5.41, 5.74) is 0.742. The Kier molecular flexibility index (Phi) is 10.8. The lowest BCUT2D eigenvalue weighted by atomic mass is 10.2. The van der Waals surface area contributed by atoms with Gasteiger partial charge < -0.3 is 15.4 Å². The minimum absolute atomic E-state index is 0. The zero-order valence-electron chi connectivity index (χ0n) is 13.6. The van der Waals surface area contributed by atoms with Crippen LogP contribution in [0.25, 0.3) is 0 Å². The summed E-state index contributed by atoms with van der Waals surface area (Å²) in [6.45, 7) is 2.81. The Morgan fingerprint density at radius 2 is 2.00 bits per heavy atom. The van der Waals surface area contributed by atoms with Gasteiger partial charge in [-0.1, -0.05) is 18.2 Å². The molecule has 24 heavy (non-hydrogen) atoms. The molecule has 0 radical (unpaired) electrons. The molecule has 1 heterocycles. The third-order valence-corrected chi connectivity index (χ3v) is 5.33. The van der Waals surface area contributed by atoms with E-state index in [2.05, 4.69) is 28.1 Å². The van der Waals surface area contributed by atoms with E-state index in [0.717, 1.165) is 29.3 Å². The van der Waals surface area contributed by atoms with Crippen LogP contribution in [0.3, 0.4) is 0 Å². The zero-order chi connectivity index (χ0) is 16.3. The van der Waals surface area contributed by atoms with Crippen LogP contribution in [-0.4, -0.2) is 39.3 Å². The first kappa shape index (κ1) is 21.0. The minimum Gasteiger partial charge on any atom is -0.383 e. The molecule has 7 heteroatoms. The predicted octanol–water partition coefficient (Wildman–Crippen LogP) is 3.43. The van der Waals surface area contributed by atoms with Gasteiger partial charge in [0.15, 0.2) is 0 Å². The Bertz CT molecular complexity index is 594. The van der Waals surface area contributed by atoms with Crippen LogP contribution >= 0.6 is 35.5 Å². The van der Waals surface area contributed by atoms with E-state index in [1.54, 1.807) is 30.2 Å². The van der Waals surface area contributed by atoms with Crippen LogP contribution < -0.4 is 10.6 Å². The number of carbonyl (C=O) groups excluding carboxylic acids is 1. The molecule has 1 aromatic carbocycles. The molecular weight excluding hydrogens is 364 g/mol. The second-order valence-electron chi connectivity index (χ2n) is 4.86. The van der Waals surface area contributed by atoms with Crippen LogP contribution in [0.4, 0.5) is 0 Å². The summed E-state index contributed by atoms with van der Waals surface area (Å²) in [6.07, 6.45) is 0. The van der Waals surface area contributed by atoms with Crippen LogP contribution in [0.1, 0.15) is 15.2 Å². The monoisotopic (exact) mass is 386 g/mol. The van der Waals surface area contributed by atoms with Crippen LogP contribution in [0.5, 0.6) is 0 Å². The summed E-state index contributed by atoms with van der Waals surface area (Å²) in [6, 6.07) is 11.9. The van der Waals surface area contributed by atoms with E-state index >= 15 is 0 Å². The maximum Gasteiger partial charge on any atom is 0.252 e. The lowest BCUT2D eigenvalue weighted by Gasteiger charge is -2.10. The average molecular weight is 387 g/mol. The molecule has 0 aliphatic heterocycles. The fraction of sp³-hybridized carbons (Fsp3) is 0.353. The van der Waals surface area contributed by atoms with E-state index in [4.69, 9.17) is 4.74 Å². The number of thiophene rings is 1. The maximum absolute atomic E-state index is 12.3. The molecular formula is C17H23ClN2O2S2. The van der Waals surface area contributed by atoms with Crippen molar-refractivity contribution in [3.8, 4) is 0 Å². The molecule has 132 valence electrons. The molecule has 4 nitrogen and oxygen atoms in total.